The summed E-state index contributed by atoms with van der Waals surface area (Å²) in [6.07, 6.45) is 2.46. The number of aryl methyl sites for hydroxylation is 1. The van der Waals surface area contributed by atoms with Crippen molar-refractivity contribution in [3.8, 4) is 5.75 Å². The van der Waals surface area contributed by atoms with Gasteiger partial charge in [-0.3, -0.25) is 4.79 Å². The molecule has 6 nitrogen and oxygen atoms in total. The molecule has 0 spiro atoms. The first-order valence-electron chi connectivity index (χ1n) is 10.0. The van der Waals surface area contributed by atoms with E-state index in [0.717, 1.165) is 18.4 Å². The molecule has 0 aromatic heterocycles. The second-order valence-electron chi connectivity index (χ2n) is 7.57. The molecule has 0 bridgehead atoms. The molecule has 0 aliphatic carbocycles. The van der Waals surface area contributed by atoms with Crippen LogP contribution in [0, 0.1) is 18.7 Å². The Morgan fingerprint density at radius 2 is 2.03 bits per heavy atom. The first-order chi connectivity index (χ1) is 14.3. The number of hydrogen-bond donors (Lipinski definition) is 1. The van der Waals surface area contributed by atoms with Crippen LogP contribution in [0.3, 0.4) is 0 Å². The van der Waals surface area contributed by atoms with E-state index in [0.29, 0.717) is 30.1 Å². The maximum absolute atomic E-state index is 13.8. The third-order valence-electron chi connectivity index (χ3n) is 5.41. The van der Waals surface area contributed by atoms with Gasteiger partial charge in [-0.1, -0.05) is 18.2 Å². The first-order valence-corrected chi connectivity index (χ1v) is 11.4. The fraction of sp³-hybridized carbons (Fsp3) is 0.409. The van der Waals surface area contributed by atoms with Crippen LogP contribution in [-0.4, -0.2) is 38.8 Å². The van der Waals surface area contributed by atoms with E-state index in [-0.39, 0.29) is 24.0 Å². The molecule has 1 heterocycles. The van der Waals surface area contributed by atoms with Crippen LogP contribution in [0.2, 0.25) is 0 Å². The number of piperidine rings is 1. The lowest BCUT2D eigenvalue weighted by Gasteiger charge is -2.32. The van der Waals surface area contributed by atoms with E-state index < -0.39 is 15.8 Å². The van der Waals surface area contributed by atoms with E-state index in [4.69, 9.17) is 4.74 Å². The summed E-state index contributed by atoms with van der Waals surface area (Å²) in [7, 11) is -2.17. The number of anilines is 1. The van der Waals surface area contributed by atoms with Gasteiger partial charge in [0.25, 0.3) is 0 Å². The Balaban J connectivity index is 1.57. The summed E-state index contributed by atoms with van der Waals surface area (Å²) in [5.74, 6) is -0.542. The van der Waals surface area contributed by atoms with Crippen LogP contribution in [0.5, 0.6) is 5.75 Å². The average molecular weight is 435 g/mol. The Labute approximate surface area is 177 Å². The second kappa shape index (κ2) is 9.57. The van der Waals surface area contributed by atoms with E-state index >= 15 is 0 Å². The molecular formula is C22H27FN2O4S. The smallest absolute Gasteiger partial charge is 0.243 e. The number of ether oxygens (including phenoxy) is 1. The van der Waals surface area contributed by atoms with Crippen LogP contribution in [0.15, 0.2) is 47.4 Å². The number of rotatable bonds is 7. The van der Waals surface area contributed by atoms with Crippen LogP contribution in [0.4, 0.5) is 10.1 Å². The number of benzene rings is 2. The quantitative estimate of drug-likeness (QED) is 0.716. The summed E-state index contributed by atoms with van der Waals surface area (Å²) in [6.45, 7) is 2.69. The maximum atomic E-state index is 13.8. The molecule has 1 amide bonds. The van der Waals surface area contributed by atoms with Gasteiger partial charge in [0.15, 0.2) is 11.6 Å². The number of nitrogens with zero attached hydrogens (tertiary/aromatic N) is 1. The average Bonchev–Trinajstić information content (AvgIpc) is 2.73. The molecule has 1 atom stereocenters. The van der Waals surface area contributed by atoms with E-state index in [2.05, 4.69) is 5.32 Å². The molecule has 1 aliphatic heterocycles. The fourth-order valence-corrected chi connectivity index (χ4v) is 5.55. The topological polar surface area (TPSA) is 75.7 Å². The highest BCUT2D eigenvalue weighted by molar-refractivity contribution is 7.89. The molecular weight excluding hydrogens is 407 g/mol. The number of amides is 1. The zero-order valence-electron chi connectivity index (χ0n) is 17.2. The van der Waals surface area contributed by atoms with Gasteiger partial charge < -0.3 is 10.1 Å². The Morgan fingerprint density at radius 1 is 1.27 bits per heavy atom. The largest absolute Gasteiger partial charge is 0.494 e. The van der Waals surface area contributed by atoms with Gasteiger partial charge in [0.05, 0.1) is 12.0 Å². The van der Waals surface area contributed by atoms with E-state index in [1.807, 2.05) is 6.07 Å². The summed E-state index contributed by atoms with van der Waals surface area (Å²) in [4.78, 5) is 12.6. The summed E-state index contributed by atoms with van der Waals surface area (Å²) in [6, 6.07) is 11.2. The van der Waals surface area contributed by atoms with Gasteiger partial charge in [-0.25, -0.2) is 12.8 Å². The summed E-state index contributed by atoms with van der Waals surface area (Å²) in [5.41, 5.74) is 1.09. The highest BCUT2D eigenvalue weighted by atomic mass is 32.2. The fourth-order valence-electron chi connectivity index (χ4n) is 3.77. The third kappa shape index (κ3) is 5.17. The number of hydrogen-bond acceptors (Lipinski definition) is 4. The number of sulfonamides is 1. The van der Waals surface area contributed by atoms with E-state index in [9.17, 15) is 17.6 Å². The minimum atomic E-state index is -3.54. The number of methoxy groups -OCH3 is 1. The molecule has 1 fully saturated rings. The molecule has 2 aromatic carbocycles. The SMILES string of the molecule is COc1ccc(NC(=O)CCC2CCCN(S(=O)(=O)c3ccccc3C)C2)cc1F. The van der Waals surface area contributed by atoms with Crippen molar-refractivity contribution >= 4 is 21.6 Å². The lowest BCUT2D eigenvalue weighted by molar-refractivity contribution is -0.116. The Bertz CT molecular complexity index is 1010. The van der Waals surface area contributed by atoms with Gasteiger partial charge >= 0.3 is 0 Å². The Morgan fingerprint density at radius 3 is 2.73 bits per heavy atom. The Hall–Kier alpha value is -2.45. The Kier molecular flexibility index (Phi) is 7.10. The van der Waals surface area contributed by atoms with Crippen molar-refractivity contribution in [1.82, 2.24) is 4.31 Å². The van der Waals surface area contributed by atoms with Crippen LogP contribution in [0.1, 0.15) is 31.2 Å². The molecule has 8 heteroatoms. The van der Waals surface area contributed by atoms with Crippen molar-refractivity contribution in [2.45, 2.75) is 37.5 Å². The van der Waals surface area contributed by atoms with Gasteiger partial charge in [-0.2, -0.15) is 4.31 Å². The number of halogens is 1. The zero-order valence-corrected chi connectivity index (χ0v) is 18.0. The molecule has 3 rings (SSSR count). The number of carbonyl (C=O) groups is 1. The molecule has 1 N–H and O–H groups in total. The van der Waals surface area contributed by atoms with Crippen molar-refractivity contribution in [2.75, 3.05) is 25.5 Å². The van der Waals surface area contributed by atoms with Crippen molar-refractivity contribution in [3.63, 3.8) is 0 Å². The monoisotopic (exact) mass is 434 g/mol. The van der Waals surface area contributed by atoms with Crippen molar-refractivity contribution in [3.05, 3.63) is 53.8 Å². The maximum Gasteiger partial charge on any atom is 0.243 e. The zero-order chi connectivity index (χ0) is 21.7. The molecule has 2 aromatic rings. The van der Waals surface area contributed by atoms with Gasteiger partial charge in [0.1, 0.15) is 0 Å². The number of carbonyl (C=O) groups excluding carboxylic acids is 1. The van der Waals surface area contributed by atoms with Crippen molar-refractivity contribution in [1.29, 1.82) is 0 Å². The molecule has 162 valence electrons. The van der Waals surface area contributed by atoms with Crippen molar-refractivity contribution in [2.24, 2.45) is 5.92 Å². The van der Waals surface area contributed by atoms with E-state index in [1.54, 1.807) is 31.2 Å². The van der Waals surface area contributed by atoms with Crippen molar-refractivity contribution < 1.29 is 22.3 Å². The molecule has 30 heavy (non-hydrogen) atoms. The highest BCUT2D eigenvalue weighted by Crippen LogP contribution is 2.28. The molecule has 1 saturated heterocycles. The van der Waals surface area contributed by atoms with Crippen LogP contribution in [-0.2, 0) is 14.8 Å². The van der Waals surface area contributed by atoms with Crippen LogP contribution < -0.4 is 10.1 Å². The minimum absolute atomic E-state index is 0.107. The first kappa shape index (κ1) is 22.2. The van der Waals surface area contributed by atoms with Crippen LogP contribution >= 0.6 is 0 Å². The van der Waals surface area contributed by atoms with Gasteiger partial charge in [-0.15, -0.1) is 0 Å². The summed E-state index contributed by atoms with van der Waals surface area (Å²) >= 11 is 0. The normalized spacial score (nSPS) is 17.5. The van der Waals surface area contributed by atoms with Crippen LogP contribution in [0.25, 0.3) is 0 Å². The predicted molar refractivity (Wildman–Crippen MR) is 113 cm³/mol. The van der Waals surface area contributed by atoms with Gasteiger partial charge in [0, 0.05) is 31.3 Å². The minimum Gasteiger partial charge on any atom is -0.494 e. The molecule has 0 saturated carbocycles. The standard InChI is InChI=1S/C22H27FN2O4S/c1-16-6-3-4-8-21(16)30(27,28)25-13-5-7-17(15-25)9-12-22(26)24-18-10-11-20(29-2)19(23)14-18/h3-4,6,8,10-11,14,17H,5,7,9,12-13,15H2,1-2H3,(H,24,26). The summed E-state index contributed by atoms with van der Waals surface area (Å²) in [5, 5.41) is 2.68. The highest BCUT2D eigenvalue weighted by Gasteiger charge is 2.31. The lowest BCUT2D eigenvalue weighted by Crippen LogP contribution is -2.40. The van der Waals surface area contributed by atoms with Gasteiger partial charge in [-0.05, 0) is 55.9 Å². The second-order valence-corrected chi connectivity index (χ2v) is 9.48. The van der Waals surface area contributed by atoms with E-state index in [1.165, 1.54) is 23.5 Å². The molecule has 1 aliphatic rings. The number of nitrogens with one attached hydrogen (secondary N) is 1. The molecule has 1 unspecified atom stereocenters. The summed E-state index contributed by atoms with van der Waals surface area (Å²) < 4.78 is 46.2. The third-order valence-corrected chi connectivity index (χ3v) is 7.43. The molecule has 0 radical (unpaired) electrons. The lowest BCUT2D eigenvalue weighted by atomic mass is 9.94. The predicted octanol–water partition coefficient (Wildman–Crippen LogP) is 3.96. The van der Waals surface area contributed by atoms with Gasteiger partial charge in [0.2, 0.25) is 15.9 Å².